The lowest BCUT2D eigenvalue weighted by Gasteiger charge is -2.29. The van der Waals surface area contributed by atoms with Crippen LogP contribution in [0.4, 0.5) is 15.9 Å². The molecule has 0 saturated carbocycles. The third kappa shape index (κ3) is 2.07. The van der Waals surface area contributed by atoms with Gasteiger partial charge in [0.25, 0.3) is 0 Å². The topological polar surface area (TPSA) is 60.0 Å². The zero-order valence-electron chi connectivity index (χ0n) is 10.4. The van der Waals surface area contributed by atoms with Crippen LogP contribution in [0.2, 0.25) is 0 Å². The van der Waals surface area contributed by atoms with Gasteiger partial charge in [-0.1, -0.05) is 0 Å². The summed E-state index contributed by atoms with van der Waals surface area (Å²) in [5.74, 6) is -0.472. The molecule has 0 aromatic carbocycles. The van der Waals surface area contributed by atoms with Crippen molar-refractivity contribution >= 4 is 27.4 Å². The van der Waals surface area contributed by atoms with Crippen LogP contribution < -0.4 is 10.6 Å². The lowest BCUT2D eigenvalue weighted by atomic mass is 10.0. The number of rotatable bonds is 1. The second kappa shape index (κ2) is 4.48. The van der Waals surface area contributed by atoms with Gasteiger partial charge in [-0.2, -0.15) is 5.10 Å². The van der Waals surface area contributed by atoms with Crippen LogP contribution in [0, 0.1) is 5.82 Å². The highest BCUT2D eigenvalue weighted by Gasteiger charge is 2.22. The number of pyridine rings is 1. The van der Waals surface area contributed by atoms with E-state index in [1.165, 1.54) is 6.07 Å². The Morgan fingerprint density at radius 1 is 1.47 bits per heavy atom. The predicted molar refractivity (Wildman–Crippen MR) is 74.3 cm³/mol. The maximum absolute atomic E-state index is 13.4. The van der Waals surface area contributed by atoms with E-state index in [1.807, 2.05) is 13.2 Å². The van der Waals surface area contributed by atoms with Crippen molar-refractivity contribution in [2.24, 2.45) is 7.05 Å². The van der Waals surface area contributed by atoms with E-state index in [1.54, 1.807) is 4.68 Å². The molecule has 3 heterocycles. The van der Waals surface area contributed by atoms with Crippen LogP contribution in [-0.2, 0) is 20.0 Å². The normalized spacial score (nSPS) is 14.6. The fourth-order valence-electron chi connectivity index (χ4n) is 2.28. The molecule has 0 spiro atoms. The number of halogens is 2. The molecule has 1 aliphatic heterocycles. The predicted octanol–water partition coefficient (Wildman–Crippen LogP) is 1.86. The summed E-state index contributed by atoms with van der Waals surface area (Å²) in [5, 5.41) is 4.20. The highest BCUT2D eigenvalue weighted by atomic mass is 79.9. The van der Waals surface area contributed by atoms with Gasteiger partial charge < -0.3 is 10.6 Å². The van der Waals surface area contributed by atoms with Crippen molar-refractivity contribution < 1.29 is 4.39 Å². The van der Waals surface area contributed by atoms with E-state index in [9.17, 15) is 4.39 Å². The molecule has 0 unspecified atom stereocenters. The van der Waals surface area contributed by atoms with Crippen LogP contribution in [0.3, 0.4) is 0 Å². The average molecular weight is 326 g/mol. The molecule has 2 aromatic heterocycles. The van der Waals surface area contributed by atoms with Crippen molar-refractivity contribution in [2.75, 3.05) is 17.2 Å². The molecule has 1 aliphatic rings. The Labute approximate surface area is 118 Å². The summed E-state index contributed by atoms with van der Waals surface area (Å²) >= 11 is 3.51. The summed E-state index contributed by atoms with van der Waals surface area (Å²) in [4.78, 5) is 6.30. The highest BCUT2D eigenvalue weighted by Crippen LogP contribution is 2.30. The van der Waals surface area contributed by atoms with Crippen molar-refractivity contribution in [1.82, 2.24) is 14.8 Å². The number of nitrogens with two attached hydrogens (primary N) is 1. The van der Waals surface area contributed by atoms with Gasteiger partial charge in [0.05, 0.1) is 24.1 Å². The fourth-order valence-corrected chi connectivity index (χ4v) is 2.72. The van der Waals surface area contributed by atoms with Crippen LogP contribution in [-0.4, -0.2) is 21.3 Å². The summed E-state index contributed by atoms with van der Waals surface area (Å²) in [6, 6.07) is 1.49. The maximum atomic E-state index is 13.4. The first-order chi connectivity index (χ1) is 9.06. The second-order valence-corrected chi connectivity index (χ2v) is 5.33. The summed E-state index contributed by atoms with van der Waals surface area (Å²) in [6.07, 6.45) is 2.56. The van der Waals surface area contributed by atoms with E-state index in [0.717, 1.165) is 34.5 Å². The van der Waals surface area contributed by atoms with E-state index in [-0.39, 0.29) is 5.82 Å². The molecule has 2 aromatic rings. The van der Waals surface area contributed by atoms with E-state index >= 15 is 0 Å². The van der Waals surface area contributed by atoms with E-state index in [2.05, 4.69) is 30.9 Å². The lowest BCUT2D eigenvalue weighted by molar-refractivity contribution is 0.613. The molecule has 0 atom stereocenters. The van der Waals surface area contributed by atoms with Crippen LogP contribution in [0.5, 0.6) is 0 Å². The minimum absolute atomic E-state index is 0.0362. The standard InChI is InChI=1S/C12H13BrFN5/c1-18-11(13)10(5-16-18)19-3-2-7-4-8(14)12(15)17-9(7)6-19/h4-5H,2-3,6H2,1H3,(H2,15,17). The molecule has 7 heteroatoms. The first-order valence-corrected chi connectivity index (χ1v) is 6.72. The molecule has 0 radical (unpaired) electrons. The molecule has 0 aliphatic carbocycles. The van der Waals surface area contributed by atoms with Gasteiger partial charge in [-0.05, 0) is 34.0 Å². The maximum Gasteiger partial charge on any atom is 0.165 e. The van der Waals surface area contributed by atoms with Gasteiger partial charge in [0.2, 0.25) is 0 Å². The monoisotopic (exact) mass is 325 g/mol. The number of aromatic nitrogens is 3. The zero-order valence-corrected chi connectivity index (χ0v) is 12.0. The molecular weight excluding hydrogens is 313 g/mol. The van der Waals surface area contributed by atoms with E-state index in [4.69, 9.17) is 5.73 Å². The van der Waals surface area contributed by atoms with Crippen LogP contribution in [0.15, 0.2) is 16.9 Å². The van der Waals surface area contributed by atoms with Crippen molar-refractivity contribution in [3.8, 4) is 0 Å². The Hall–Kier alpha value is -1.63. The van der Waals surface area contributed by atoms with E-state index < -0.39 is 5.82 Å². The molecular formula is C12H13BrFN5. The number of anilines is 2. The van der Waals surface area contributed by atoms with Crippen molar-refractivity contribution in [1.29, 1.82) is 0 Å². The van der Waals surface area contributed by atoms with Gasteiger partial charge in [0.15, 0.2) is 11.6 Å². The SMILES string of the molecule is Cn1ncc(N2CCc3cc(F)c(N)nc3C2)c1Br. The zero-order chi connectivity index (χ0) is 13.6. The molecule has 5 nitrogen and oxygen atoms in total. The molecule has 0 saturated heterocycles. The Morgan fingerprint density at radius 3 is 2.95 bits per heavy atom. The first-order valence-electron chi connectivity index (χ1n) is 5.92. The van der Waals surface area contributed by atoms with Gasteiger partial charge in [-0.15, -0.1) is 0 Å². The molecule has 100 valence electrons. The quantitative estimate of drug-likeness (QED) is 0.869. The van der Waals surface area contributed by atoms with Crippen LogP contribution >= 0.6 is 15.9 Å². The highest BCUT2D eigenvalue weighted by molar-refractivity contribution is 9.10. The second-order valence-electron chi connectivity index (χ2n) is 4.58. The van der Waals surface area contributed by atoms with Gasteiger partial charge in [0, 0.05) is 13.6 Å². The molecule has 19 heavy (non-hydrogen) atoms. The average Bonchev–Trinajstić information content (AvgIpc) is 2.71. The van der Waals surface area contributed by atoms with Crippen LogP contribution in [0.25, 0.3) is 0 Å². The Bertz CT molecular complexity index is 639. The first kappa shape index (κ1) is 12.4. The van der Waals surface area contributed by atoms with Gasteiger partial charge in [0.1, 0.15) is 4.60 Å². The number of hydrogen-bond acceptors (Lipinski definition) is 4. The smallest absolute Gasteiger partial charge is 0.165 e. The van der Waals surface area contributed by atoms with Gasteiger partial charge in [-0.3, -0.25) is 4.68 Å². The molecule has 0 bridgehead atoms. The third-order valence-electron chi connectivity index (χ3n) is 3.35. The molecule has 0 amide bonds. The number of nitrogens with zero attached hydrogens (tertiary/aromatic N) is 4. The van der Waals surface area contributed by atoms with Gasteiger partial charge >= 0.3 is 0 Å². The fraction of sp³-hybridized carbons (Fsp3) is 0.333. The summed E-state index contributed by atoms with van der Waals surface area (Å²) < 4.78 is 16.1. The Balaban J connectivity index is 1.94. The van der Waals surface area contributed by atoms with Crippen molar-refractivity contribution in [3.63, 3.8) is 0 Å². The molecule has 3 rings (SSSR count). The minimum atomic E-state index is -0.435. The number of hydrogen-bond donors (Lipinski definition) is 1. The minimum Gasteiger partial charge on any atom is -0.381 e. The van der Waals surface area contributed by atoms with E-state index in [0.29, 0.717) is 6.54 Å². The lowest BCUT2D eigenvalue weighted by Crippen LogP contribution is -2.31. The number of aryl methyl sites for hydroxylation is 1. The molecule has 0 fully saturated rings. The summed E-state index contributed by atoms with van der Waals surface area (Å²) in [7, 11) is 1.87. The van der Waals surface area contributed by atoms with Gasteiger partial charge in [-0.25, -0.2) is 9.37 Å². The van der Waals surface area contributed by atoms with Crippen LogP contribution in [0.1, 0.15) is 11.3 Å². The third-order valence-corrected chi connectivity index (χ3v) is 4.27. The summed E-state index contributed by atoms with van der Waals surface area (Å²) in [6.45, 7) is 1.42. The largest absolute Gasteiger partial charge is 0.381 e. The number of fused-ring (bicyclic) bond motifs is 1. The summed E-state index contributed by atoms with van der Waals surface area (Å²) in [5.41, 5.74) is 8.31. The van der Waals surface area contributed by atoms with Crippen molar-refractivity contribution in [3.05, 3.63) is 33.9 Å². The Kier molecular flexibility index (Phi) is 2.93. The Morgan fingerprint density at radius 2 is 2.26 bits per heavy atom. The number of nitrogen functional groups attached to an aromatic ring is 1. The molecule has 2 N–H and O–H groups in total. The van der Waals surface area contributed by atoms with Crippen molar-refractivity contribution in [2.45, 2.75) is 13.0 Å².